The van der Waals surface area contributed by atoms with Crippen LogP contribution in [0.5, 0.6) is 0 Å². The van der Waals surface area contributed by atoms with Crippen LogP contribution in [-0.4, -0.2) is 26.1 Å². The summed E-state index contributed by atoms with van der Waals surface area (Å²) < 4.78 is 20.6. The molecule has 0 heterocycles. The van der Waals surface area contributed by atoms with Gasteiger partial charge in [0.1, 0.15) is 0 Å². The van der Waals surface area contributed by atoms with E-state index in [1.165, 1.54) is 0 Å². The molecule has 0 unspecified atom stereocenters. The molecule has 0 saturated heterocycles. The molecule has 12 heavy (non-hydrogen) atoms. The van der Waals surface area contributed by atoms with Crippen molar-refractivity contribution in [1.29, 1.82) is 0 Å². The van der Waals surface area contributed by atoms with Crippen LogP contribution in [0.1, 0.15) is 0 Å². The summed E-state index contributed by atoms with van der Waals surface area (Å²) in [5, 5.41) is -1.23. The maximum absolute atomic E-state index is 10.3. The van der Waals surface area contributed by atoms with E-state index in [1.54, 1.807) is 0 Å². The SMILES string of the molecule is NC[C-](P(=O)(O)O)P(=O)(O)O.[Y+3]. The molecule has 0 aliphatic rings. The number of nitrogens with two attached hydrogens (primary N) is 1. The Morgan fingerprint density at radius 1 is 1.08 bits per heavy atom. The number of hydrogen-bond acceptors (Lipinski definition) is 3. The van der Waals surface area contributed by atoms with Crippen molar-refractivity contribution in [2.24, 2.45) is 5.73 Å². The minimum Gasteiger partial charge on any atom is -0.358 e. The average Bonchev–Trinajstić information content (AvgIpc) is 1.56. The van der Waals surface area contributed by atoms with Gasteiger partial charge in [0, 0.05) is 0 Å². The minimum atomic E-state index is -4.87. The van der Waals surface area contributed by atoms with Gasteiger partial charge in [-0.15, -0.1) is 6.54 Å². The first-order chi connectivity index (χ1) is 4.69. The Kier molecular flexibility index (Phi) is 6.98. The van der Waals surface area contributed by atoms with E-state index in [9.17, 15) is 9.13 Å². The van der Waals surface area contributed by atoms with E-state index in [-0.39, 0.29) is 32.7 Å². The van der Waals surface area contributed by atoms with E-state index >= 15 is 0 Å². The Morgan fingerprint density at radius 3 is 1.33 bits per heavy atom. The van der Waals surface area contributed by atoms with Gasteiger partial charge in [0.2, 0.25) is 0 Å². The van der Waals surface area contributed by atoms with Gasteiger partial charge in [-0.25, -0.2) is 0 Å². The fraction of sp³-hybridized carbons (Fsp3) is 0.500. The maximum Gasteiger partial charge on any atom is 3.00 e. The van der Waals surface area contributed by atoms with E-state index in [0.29, 0.717) is 0 Å². The molecule has 0 aliphatic carbocycles. The molecule has 0 atom stereocenters. The topological polar surface area (TPSA) is 141 Å². The Morgan fingerprint density at radius 2 is 1.33 bits per heavy atom. The van der Waals surface area contributed by atoms with Gasteiger partial charge in [0.15, 0.2) is 15.2 Å². The van der Waals surface area contributed by atoms with E-state index < -0.39 is 27.1 Å². The second-order valence-electron chi connectivity index (χ2n) is 1.71. The predicted octanol–water partition coefficient (Wildman–Crippen LogP) is -1.21. The second-order valence-corrected chi connectivity index (χ2v) is 5.32. The third-order valence-electron chi connectivity index (χ3n) is 0.855. The molecular formula is C2H8NO6P2Y+2. The molecule has 0 aromatic heterocycles. The molecule has 0 aromatic rings. The van der Waals surface area contributed by atoms with Crippen LogP contribution in [0.15, 0.2) is 0 Å². The minimum absolute atomic E-state index is 0. The first kappa shape index (κ1) is 15.8. The van der Waals surface area contributed by atoms with Crippen LogP contribution in [0.2, 0.25) is 0 Å². The Hall–Kier alpha value is 1.36. The molecule has 0 bridgehead atoms. The van der Waals surface area contributed by atoms with Crippen LogP contribution >= 0.6 is 15.2 Å². The quantitative estimate of drug-likeness (QED) is 0.324. The zero-order chi connectivity index (χ0) is 9.28. The fourth-order valence-corrected chi connectivity index (χ4v) is 2.24. The molecule has 0 radical (unpaired) electrons. The summed E-state index contributed by atoms with van der Waals surface area (Å²) in [6, 6.07) is 0. The molecule has 10 heteroatoms. The van der Waals surface area contributed by atoms with E-state index in [2.05, 4.69) is 0 Å². The number of hydrogen-bond donors (Lipinski definition) is 5. The first-order valence-electron chi connectivity index (χ1n) is 2.37. The molecule has 0 aliphatic heterocycles. The first-order valence-corrected chi connectivity index (χ1v) is 5.60. The summed E-state index contributed by atoms with van der Waals surface area (Å²) in [5.74, 6) is 0. The van der Waals surface area contributed by atoms with Crippen LogP contribution in [0.25, 0.3) is 0 Å². The van der Waals surface area contributed by atoms with Crippen molar-refractivity contribution in [3.63, 3.8) is 0 Å². The second kappa shape index (κ2) is 5.30. The van der Waals surface area contributed by atoms with Crippen molar-refractivity contribution >= 4 is 15.2 Å². The molecule has 0 amide bonds. The third kappa shape index (κ3) is 5.17. The Labute approximate surface area is 93.9 Å². The van der Waals surface area contributed by atoms with Crippen molar-refractivity contribution in [1.82, 2.24) is 0 Å². The third-order valence-corrected chi connectivity index (χ3v) is 4.13. The standard InChI is InChI=1S/C2H8NO6P2.Y/c3-1-2(10(4,5)6)11(7,8)9;/h1,3H2,(H2,4,5,6)(H2,7,8,9);/q-1;+3. The van der Waals surface area contributed by atoms with Crippen LogP contribution in [0.3, 0.4) is 0 Å². The van der Waals surface area contributed by atoms with Crippen LogP contribution in [0, 0.1) is 5.40 Å². The molecule has 0 aromatic carbocycles. The fourth-order valence-electron chi connectivity index (χ4n) is 0.408. The molecule has 0 rings (SSSR count). The predicted molar refractivity (Wildman–Crippen MR) is 36.4 cm³/mol. The summed E-state index contributed by atoms with van der Waals surface area (Å²) in [4.78, 5) is 33.3. The summed E-state index contributed by atoms with van der Waals surface area (Å²) in [5.41, 5.74) is 4.72. The van der Waals surface area contributed by atoms with Crippen molar-refractivity contribution < 1.29 is 61.4 Å². The van der Waals surface area contributed by atoms with Gasteiger partial charge in [0.25, 0.3) is 0 Å². The Bertz CT molecular complexity index is 198. The van der Waals surface area contributed by atoms with Crippen molar-refractivity contribution in [2.75, 3.05) is 6.54 Å². The average molecular weight is 293 g/mol. The molecule has 0 saturated carbocycles. The molecule has 7 nitrogen and oxygen atoms in total. The van der Waals surface area contributed by atoms with Gasteiger partial charge >= 0.3 is 32.7 Å². The molecule has 0 spiro atoms. The molecular weight excluding hydrogens is 285 g/mol. The van der Waals surface area contributed by atoms with E-state index in [1.807, 2.05) is 0 Å². The normalized spacial score (nSPS) is 12.8. The summed E-state index contributed by atoms with van der Waals surface area (Å²) >= 11 is 0. The molecule has 6 N–H and O–H groups in total. The van der Waals surface area contributed by atoms with Crippen LogP contribution < -0.4 is 5.73 Å². The zero-order valence-corrected chi connectivity index (χ0v) is 10.5. The zero-order valence-electron chi connectivity index (χ0n) is 5.86. The van der Waals surface area contributed by atoms with Gasteiger partial charge in [-0.2, -0.15) is 0 Å². The van der Waals surface area contributed by atoms with Crippen molar-refractivity contribution in [2.45, 2.75) is 0 Å². The molecule has 68 valence electrons. The number of rotatable bonds is 3. The Balaban J connectivity index is 0. The monoisotopic (exact) mass is 293 g/mol. The smallest absolute Gasteiger partial charge is 0.358 e. The van der Waals surface area contributed by atoms with Crippen LogP contribution in [0.4, 0.5) is 0 Å². The van der Waals surface area contributed by atoms with Gasteiger partial charge in [-0.1, -0.05) is 5.40 Å². The van der Waals surface area contributed by atoms with Crippen molar-refractivity contribution in [3.05, 3.63) is 5.40 Å². The van der Waals surface area contributed by atoms with Crippen LogP contribution in [-0.2, 0) is 41.8 Å². The summed E-state index contributed by atoms with van der Waals surface area (Å²) in [6.07, 6.45) is 0. The van der Waals surface area contributed by atoms with Gasteiger partial charge < -0.3 is 25.3 Å². The molecule has 0 fully saturated rings. The van der Waals surface area contributed by atoms with Crippen molar-refractivity contribution in [3.8, 4) is 0 Å². The summed E-state index contributed by atoms with van der Waals surface area (Å²) in [7, 11) is -9.74. The van der Waals surface area contributed by atoms with Gasteiger partial charge in [-0.3, -0.25) is 9.13 Å². The largest absolute Gasteiger partial charge is 3.00 e. The van der Waals surface area contributed by atoms with Gasteiger partial charge in [-0.05, 0) is 0 Å². The van der Waals surface area contributed by atoms with E-state index in [0.717, 1.165) is 0 Å². The summed E-state index contributed by atoms with van der Waals surface area (Å²) in [6.45, 7) is -0.825. The maximum atomic E-state index is 10.3. The van der Waals surface area contributed by atoms with Gasteiger partial charge in [0.05, 0.1) is 0 Å². The van der Waals surface area contributed by atoms with E-state index in [4.69, 9.17) is 25.3 Å².